The Labute approximate surface area is 128 Å². The summed E-state index contributed by atoms with van der Waals surface area (Å²) in [4.78, 5) is 22.5. The standard InChI is InChI=1S/C16H32N2O3/c1-12(6-5-7-13(2)17)15(21)18-11-10-16(3,4)9-8-14(19)20/h12-13H,5-11,17H2,1-4H3,(H,18,21)(H,19,20). The van der Waals surface area contributed by atoms with Gasteiger partial charge >= 0.3 is 5.97 Å². The number of carboxylic acid groups (broad SMARTS) is 1. The summed E-state index contributed by atoms with van der Waals surface area (Å²) in [7, 11) is 0. The van der Waals surface area contributed by atoms with E-state index in [9.17, 15) is 9.59 Å². The number of carbonyl (C=O) groups is 2. The molecule has 0 aliphatic carbocycles. The molecule has 0 aromatic carbocycles. The molecular weight excluding hydrogens is 268 g/mol. The zero-order chi connectivity index (χ0) is 16.5. The molecule has 0 bridgehead atoms. The highest BCUT2D eigenvalue weighted by atomic mass is 16.4. The van der Waals surface area contributed by atoms with E-state index >= 15 is 0 Å². The summed E-state index contributed by atoms with van der Waals surface area (Å²) >= 11 is 0. The molecule has 0 saturated heterocycles. The molecule has 5 heteroatoms. The van der Waals surface area contributed by atoms with Crippen LogP contribution >= 0.6 is 0 Å². The van der Waals surface area contributed by atoms with Crippen LogP contribution in [0, 0.1) is 11.3 Å². The second-order valence-corrected chi connectivity index (χ2v) is 6.91. The van der Waals surface area contributed by atoms with E-state index in [1.807, 2.05) is 27.7 Å². The Morgan fingerprint density at radius 2 is 1.81 bits per heavy atom. The molecule has 2 unspecified atom stereocenters. The second kappa shape index (κ2) is 9.77. The Kier molecular flexibility index (Phi) is 9.26. The number of rotatable bonds is 11. The van der Waals surface area contributed by atoms with Gasteiger partial charge in [-0.1, -0.05) is 27.2 Å². The van der Waals surface area contributed by atoms with Crippen molar-refractivity contribution in [3.63, 3.8) is 0 Å². The number of aliphatic carboxylic acids is 1. The van der Waals surface area contributed by atoms with E-state index < -0.39 is 5.97 Å². The highest BCUT2D eigenvalue weighted by Crippen LogP contribution is 2.26. The SMILES string of the molecule is CC(N)CCCC(C)C(=O)NCCC(C)(C)CCC(=O)O. The Balaban J connectivity index is 3.88. The van der Waals surface area contributed by atoms with Crippen molar-refractivity contribution in [3.05, 3.63) is 0 Å². The van der Waals surface area contributed by atoms with Crippen LogP contribution in [-0.2, 0) is 9.59 Å². The van der Waals surface area contributed by atoms with Gasteiger partial charge in [-0.15, -0.1) is 0 Å². The van der Waals surface area contributed by atoms with Crippen LogP contribution < -0.4 is 11.1 Å². The van der Waals surface area contributed by atoms with Gasteiger partial charge in [-0.05, 0) is 38.0 Å². The Morgan fingerprint density at radius 1 is 1.19 bits per heavy atom. The highest BCUT2D eigenvalue weighted by molar-refractivity contribution is 5.78. The molecule has 5 nitrogen and oxygen atoms in total. The summed E-state index contributed by atoms with van der Waals surface area (Å²) in [5.74, 6) is -0.686. The maximum absolute atomic E-state index is 11.9. The predicted octanol–water partition coefficient (Wildman–Crippen LogP) is 2.54. The van der Waals surface area contributed by atoms with Gasteiger partial charge in [0.2, 0.25) is 5.91 Å². The largest absolute Gasteiger partial charge is 0.481 e. The zero-order valence-electron chi connectivity index (χ0n) is 13.9. The van der Waals surface area contributed by atoms with E-state index in [1.54, 1.807) is 0 Å². The third-order valence-electron chi connectivity index (χ3n) is 3.86. The number of amides is 1. The summed E-state index contributed by atoms with van der Waals surface area (Å²) in [5.41, 5.74) is 5.62. The molecule has 0 aliphatic heterocycles. The topological polar surface area (TPSA) is 92.4 Å². The van der Waals surface area contributed by atoms with Crippen LogP contribution in [0.3, 0.4) is 0 Å². The summed E-state index contributed by atoms with van der Waals surface area (Å²) in [5, 5.41) is 11.7. The van der Waals surface area contributed by atoms with Crippen molar-refractivity contribution >= 4 is 11.9 Å². The Hall–Kier alpha value is -1.10. The van der Waals surface area contributed by atoms with Crippen molar-refractivity contribution in [2.45, 2.75) is 72.3 Å². The minimum absolute atomic E-state index is 0.00545. The smallest absolute Gasteiger partial charge is 0.303 e. The predicted molar refractivity (Wildman–Crippen MR) is 84.9 cm³/mol. The molecule has 0 saturated carbocycles. The molecule has 0 aromatic rings. The Morgan fingerprint density at radius 3 is 2.33 bits per heavy atom. The van der Waals surface area contributed by atoms with Crippen LogP contribution in [0.2, 0.25) is 0 Å². The molecule has 0 aliphatic rings. The third kappa shape index (κ3) is 11.3. The lowest BCUT2D eigenvalue weighted by Gasteiger charge is -2.24. The summed E-state index contributed by atoms with van der Waals surface area (Å²) in [6, 6.07) is 0.190. The molecule has 2 atom stereocenters. The molecule has 1 amide bonds. The summed E-state index contributed by atoms with van der Waals surface area (Å²) in [6.07, 6.45) is 4.36. The van der Waals surface area contributed by atoms with Gasteiger partial charge in [0.05, 0.1) is 0 Å². The van der Waals surface area contributed by atoms with E-state index in [2.05, 4.69) is 5.32 Å². The van der Waals surface area contributed by atoms with E-state index in [1.165, 1.54) is 0 Å². The number of carboxylic acids is 1. The van der Waals surface area contributed by atoms with Gasteiger partial charge in [0.25, 0.3) is 0 Å². The van der Waals surface area contributed by atoms with Crippen LogP contribution in [0.25, 0.3) is 0 Å². The van der Waals surface area contributed by atoms with Crippen molar-refractivity contribution in [3.8, 4) is 0 Å². The van der Waals surface area contributed by atoms with Crippen LogP contribution in [0.4, 0.5) is 0 Å². The first-order valence-corrected chi connectivity index (χ1v) is 7.89. The van der Waals surface area contributed by atoms with Crippen molar-refractivity contribution in [2.24, 2.45) is 17.1 Å². The molecule has 0 rings (SSSR count). The normalized spacial score (nSPS) is 14.5. The first-order chi connectivity index (χ1) is 9.64. The molecule has 0 spiro atoms. The highest BCUT2D eigenvalue weighted by Gasteiger charge is 2.20. The van der Waals surface area contributed by atoms with Crippen LogP contribution in [0.5, 0.6) is 0 Å². The minimum Gasteiger partial charge on any atom is -0.481 e. The van der Waals surface area contributed by atoms with Gasteiger partial charge in [-0.3, -0.25) is 9.59 Å². The van der Waals surface area contributed by atoms with E-state index in [0.717, 1.165) is 25.7 Å². The maximum Gasteiger partial charge on any atom is 0.303 e. The van der Waals surface area contributed by atoms with Crippen molar-refractivity contribution < 1.29 is 14.7 Å². The van der Waals surface area contributed by atoms with E-state index in [-0.39, 0.29) is 29.7 Å². The second-order valence-electron chi connectivity index (χ2n) is 6.91. The summed E-state index contributed by atoms with van der Waals surface area (Å²) in [6.45, 7) is 8.58. The fraction of sp³-hybridized carbons (Fsp3) is 0.875. The van der Waals surface area contributed by atoms with Crippen LogP contribution in [-0.4, -0.2) is 29.6 Å². The van der Waals surface area contributed by atoms with Gasteiger partial charge < -0.3 is 16.2 Å². The Bertz CT molecular complexity index is 327. The van der Waals surface area contributed by atoms with Crippen LogP contribution in [0.15, 0.2) is 0 Å². The number of hydrogen-bond donors (Lipinski definition) is 3. The number of hydrogen-bond acceptors (Lipinski definition) is 3. The van der Waals surface area contributed by atoms with E-state index in [4.69, 9.17) is 10.8 Å². The summed E-state index contributed by atoms with van der Waals surface area (Å²) < 4.78 is 0. The lowest BCUT2D eigenvalue weighted by atomic mass is 9.84. The van der Waals surface area contributed by atoms with Gasteiger partial charge in [0.1, 0.15) is 0 Å². The first-order valence-electron chi connectivity index (χ1n) is 7.89. The first kappa shape index (κ1) is 19.9. The van der Waals surface area contributed by atoms with Gasteiger partial charge in [0.15, 0.2) is 0 Å². The maximum atomic E-state index is 11.9. The van der Waals surface area contributed by atoms with Crippen molar-refractivity contribution in [1.29, 1.82) is 0 Å². The minimum atomic E-state index is -0.769. The molecule has 0 aromatic heterocycles. The van der Waals surface area contributed by atoms with Gasteiger partial charge in [-0.2, -0.15) is 0 Å². The monoisotopic (exact) mass is 300 g/mol. The average Bonchev–Trinajstić information content (AvgIpc) is 2.35. The zero-order valence-corrected chi connectivity index (χ0v) is 13.9. The molecule has 0 fully saturated rings. The van der Waals surface area contributed by atoms with Gasteiger partial charge in [0, 0.05) is 24.9 Å². The van der Waals surface area contributed by atoms with Crippen LogP contribution in [0.1, 0.15) is 66.2 Å². The molecule has 124 valence electrons. The number of nitrogens with one attached hydrogen (secondary N) is 1. The lowest BCUT2D eigenvalue weighted by Crippen LogP contribution is -2.32. The average molecular weight is 300 g/mol. The van der Waals surface area contributed by atoms with Crippen molar-refractivity contribution in [1.82, 2.24) is 5.32 Å². The molecule has 21 heavy (non-hydrogen) atoms. The molecular formula is C16H32N2O3. The lowest BCUT2D eigenvalue weighted by molar-refractivity contribution is -0.137. The molecule has 0 radical (unpaired) electrons. The van der Waals surface area contributed by atoms with Gasteiger partial charge in [-0.25, -0.2) is 0 Å². The van der Waals surface area contributed by atoms with E-state index in [0.29, 0.717) is 13.0 Å². The third-order valence-corrected chi connectivity index (χ3v) is 3.86. The molecule has 4 N–H and O–H groups in total. The van der Waals surface area contributed by atoms with Crippen molar-refractivity contribution in [2.75, 3.05) is 6.54 Å². The fourth-order valence-corrected chi connectivity index (χ4v) is 2.15. The molecule has 0 heterocycles. The number of carbonyl (C=O) groups excluding carboxylic acids is 1. The quantitative estimate of drug-likeness (QED) is 0.546. The fourth-order valence-electron chi connectivity index (χ4n) is 2.15. The number of nitrogens with two attached hydrogens (primary N) is 1.